The van der Waals surface area contributed by atoms with Crippen molar-refractivity contribution in [3.8, 4) is 0 Å². The molecule has 0 saturated heterocycles. The quantitative estimate of drug-likeness (QED) is 0.723. The summed E-state index contributed by atoms with van der Waals surface area (Å²) in [6.07, 6.45) is 4.77. The Morgan fingerprint density at radius 3 is 2.92 bits per heavy atom. The molecular formula is C9H13N3O. The molecule has 13 heavy (non-hydrogen) atoms. The molecule has 0 unspecified atom stereocenters. The van der Waals surface area contributed by atoms with Crippen LogP contribution < -0.4 is 5.32 Å². The number of carbonyl (C=O) groups is 1. The molecule has 2 rings (SSSR count). The number of carbonyl (C=O) groups excluding carboxylic acids is 1. The molecule has 1 fully saturated rings. The molecule has 0 atom stereocenters. The van der Waals surface area contributed by atoms with E-state index in [1.807, 2.05) is 6.92 Å². The molecule has 0 radical (unpaired) electrons. The summed E-state index contributed by atoms with van der Waals surface area (Å²) in [5, 5.41) is 9.28. The van der Waals surface area contributed by atoms with Crippen LogP contribution in [0.15, 0.2) is 12.3 Å². The zero-order valence-corrected chi connectivity index (χ0v) is 7.63. The molecule has 0 aromatic carbocycles. The third-order valence-electron chi connectivity index (χ3n) is 2.75. The second kappa shape index (κ2) is 2.87. The van der Waals surface area contributed by atoms with Crippen molar-refractivity contribution in [3.63, 3.8) is 0 Å². The topological polar surface area (TPSA) is 57.8 Å². The van der Waals surface area contributed by atoms with Gasteiger partial charge in [-0.05, 0) is 12.8 Å². The molecule has 4 heteroatoms. The number of nitrogens with one attached hydrogen (secondary N) is 2. The average molecular weight is 179 g/mol. The molecule has 1 aliphatic carbocycles. The molecule has 0 spiro atoms. The van der Waals surface area contributed by atoms with E-state index in [9.17, 15) is 4.79 Å². The van der Waals surface area contributed by atoms with E-state index in [0.717, 1.165) is 19.3 Å². The summed E-state index contributed by atoms with van der Waals surface area (Å²) in [5.41, 5.74) is -0.148. The molecule has 0 bridgehead atoms. The van der Waals surface area contributed by atoms with E-state index in [4.69, 9.17) is 0 Å². The Hall–Kier alpha value is -1.32. The van der Waals surface area contributed by atoms with Gasteiger partial charge in [-0.25, -0.2) is 0 Å². The van der Waals surface area contributed by atoms with Crippen LogP contribution >= 0.6 is 0 Å². The van der Waals surface area contributed by atoms with Crippen LogP contribution in [0.2, 0.25) is 0 Å². The van der Waals surface area contributed by atoms with Crippen LogP contribution in [0.25, 0.3) is 0 Å². The number of H-pyrrole nitrogens is 1. The standard InChI is InChI=1S/C9H13N3O/c1-9(4-2-5-9)8(13)11-7-3-6-10-12-7/h3,6H,2,4-5H2,1H3,(H2,10,11,12,13). The van der Waals surface area contributed by atoms with Crippen molar-refractivity contribution >= 4 is 11.7 Å². The highest BCUT2D eigenvalue weighted by Gasteiger charge is 2.39. The van der Waals surface area contributed by atoms with Gasteiger partial charge < -0.3 is 5.32 Å². The summed E-state index contributed by atoms with van der Waals surface area (Å²) >= 11 is 0. The van der Waals surface area contributed by atoms with Gasteiger partial charge in [-0.1, -0.05) is 13.3 Å². The lowest BCUT2D eigenvalue weighted by Gasteiger charge is -2.36. The number of anilines is 1. The molecule has 1 aromatic rings. The molecule has 1 aromatic heterocycles. The van der Waals surface area contributed by atoms with Gasteiger partial charge in [0.25, 0.3) is 0 Å². The van der Waals surface area contributed by atoms with Gasteiger partial charge in [0.1, 0.15) is 5.82 Å². The number of aromatic nitrogens is 2. The first kappa shape index (κ1) is 8.29. The van der Waals surface area contributed by atoms with Crippen molar-refractivity contribution in [2.24, 2.45) is 5.41 Å². The van der Waals surface area contributed by atoms with Crippen molar-refractivity contribution in [2.75, 3.05) is 5.32 Å². The Labute approximate surface area is 76.7 Å². The van der Waals surface area contributed by atoms with Crippen molar-refractivity contribution in [1.82, 2.24) is 10.2 Å². The van der Waals surface area contributed by atoms with Crippen molar-refractivity contribution < 1.29 is 4.79 Å². The van der Waals surface area contributed by atoms with Crippen molar-refractivity contribution in [1.29, 1.82) is 0 Å². The smallest absolute Gasteiger partial charge is 0.231 e. The minimum Gasteiger partial charge on any atom is -0.311 e. The van der Waals surface area contributed by atoms with E-state index >= 15 is 0 Å². The summed E-state index contributed by atoms with van der Waals surface area (Å²) in [6, 6.07) is 1.75. The van der Waals surface area contributed by atoms with E-state index in [-0.39, 0.29) is 11.3 Å². The van der Waals surface area contributed by atoms with E-state index < -0.39 is 0 Å². The Morgan fingerprint density at radius 2 is 2.46 bits per heavy atom. The highest BCUT2D eigenvalue weighted by molar-refractivity contribution is 5.94. The van der Waals surface area contributed by atoms with Crippen LogP contribution in [0.1, 0.15) is 26.2 Å². The minimum atomic E-state index is -0.148. The number of hydrogen-bond acceptors (Lipinski definition) is 2. The lowest BCUT2D eigenvalue weighted by molar-refractivity contribution is -0.128. The first-order valence-corrected chi connectivity index (χ1v) is 4.52. The third-order valence-corrected chi connectivity index (χ3v) is 2.75. The molecule has 2 N–H and O–H groups in total. The summed E-state index contributed by atoms with van der Waals surface area (Å²) in [7, 11) is 0. The molecular weight excluding hydrogens is 166 g/mol. The second-order valence-corrected chi connectivity index (χ2v) is 3.84. The van der Waals surface area contributed by atoms with Crippen LogP contribution in [0, 0.1) is 5.41 Å². The predicted molar refractivity (Wildman–Crippen MR) is 49.2 cm³/mol. The molecule has 1 saturated carbocycles. The molecule has 1 heterocycles. The Morgan fingerprint density at radius 1 is 1.69 bits per heavy atom. The summed E-state index contributed by atoms with van der Waals surface area (Å²) in [5.74, 6) is 0.779. The molecule has 70 valence electrons. The van der Waals surface area contributed by atoms with Crippen LogP contribution in [0.4, 0.5) is 5.82 Å². The normalized spacial score (nSPS) is 19.2. The number of hydrogen-bond donors (Lipinski definition) is 2. The SMILES string of the molecule is CC1(C(=O)Nc2ccn[nH]2)CCC1. The van der Waals surface area contributed by atoms with Gasteiger partial charge in [0.05, 0.1) is 6.20 Å². The fourth-order valence-electron chi connectivity index (χ4n) is 1.53. The zero-order chi connectivity index (χ0) is 9.31. The van der Waals surface area contributed by atoms with Crippen LogP contribution in [0.5, 0.6) is 0 Å². The second-order valence-electron chi connectivity index (χ2n) is 3.84. The van der Waals surface area contributed by atoms with Gasteiger partial charge in [-0.15, -0.1) is 0 Å². The highest BCUT2D eigenvalue weighted by atomic mass is 16.2. The van der Waals surface area contributed by atoms with Gasteiger partial charge in [-0.2, -0.15) is 5.10 Å². The average Bonchev–Trinajstić information content (AvgIpc) is 2.52. The van der Waals surface area contributed by atoms with Crippen molar-refractivity contribution in [2.45, 2.75) is 26.2 Å². The third kappa shape index (κ3) is 1.43. The number of amides is 1. The lowest BCUT2D eigenvalue weighted by atomic mass is 9.70. The minimum absolute atomic E-state index is 0.100. The Bertz CT molecular complexity index is 301. The molecule has 1 aliphatic rings. The maximum atomic E-state index is 11.7. The summed E-state index contributed by atoms with van der Waals surface area (Å²) < 4.78 is 0. The van der Waals surface area contributed by atoms with Gasteiger partial charge in [0.15, 0.2) is 0 Å². The van der Waals surface area contributed by atoms with Gasteiger partial charge >= 0.3 is 0 Å². The van der Waals surface area contributed by atoms with E-state index in [1.54, 1.807) is 12.3 Å². The predicted octanol–water partition coefficient (Wildman–Crippen LogP) is 1.54. The largest absolute Gasteiger partial charge is 0.311 e. The number of rotatable bonds is 2. The maximum Gasteiger partial charge on any atom is 0.231 e. The molecule has 1 amide bonds. The van der Waals surface area contributed by atoms with E-state index in [0.29, 0.717) is 5.82 Å². The maximum absolute atomic E-state index is 11.7. The zero-order valence-electron chi connectivity index (χ0n) is 7.63. The number of aromatic amines is 1. The van der Waals surface area contributed by atoms with Crippen molar-refractivity contribution in [3.05, 3.63) is 12.3 Å². The van der Waals surface area contributed by atoms with E-state index in [2.05, 4.69) is 15.5 Å². The van der Waals surface area contributed by atoms with Crippen LogP contribution in [-0.2, 0) is 4.79 Å². The monoisotopic (exact) mass is 179 g/mol. The fourth-order valence-corrected chi connectivity index (χ4v) is 1.53. The highest BCUT2D eigenvalue weighted by Crippen LogP contribution is 2.40. The summed E-state index contributed by atoms with van der Waals surface area (Å²) in [6.45, 7) is 2.00. The first-order chi connectivity index (χ1) is 6.21. The Balaban J connectivity index is 1.99. The summed E-state index contributed by atoms with van der Waals surface area (Å²) in [4.78, 5) is 11.7. The molecule has 4 nitrogen and oxygen atoms in total. The van der Waals surface area contributed by atoms with Gasteiger partial charge in [-0.3, -0.25) is 9.89 Å². The number of nitrogens with zero attached hydrogens (tertiary/aromatic N) is 1. The van der Waals surface area contributed by atoms with E-state index in [1.165, 1.54) is 0 Å². The fraction of sp³-hybridized carbons (Fsp3) is 0.556. The first-order valence-electron chi connectivity index (χ1n) is 4.52. The van der Waals surface area contributed by atoms with Gasteiger partial charge in [0, 0.05) is 11.5 Å². The van der Waals surface area contributed by atoms with Crippen LogP contribution in [-0.4, -0.2) is 16.1 Å². The lowest BCUT2D eigenvalue weighted by Crippen LogP contribution is -2.39. The van der Waals surface area contributed by atoms with Gasteiger partial charge in [0.2, 0.25) is 5.91 Å². The van der Waals surface area contributed by atoms with Crippen LogP contribution in [0.3, 0.4) is 0 Å². The Kier molecular flexibility index (Phi) is 1.83. The molecule has 0 aliphatic heterocycles.